The van der Waals surface area contributed by atoms with E-state index in [0.29, 0.717) is 0 Å². The predicted molar refractivity (Wildman–Crippen MR) is 75.9 cm³/mol. The van der Waals surface area contributed by atoms with Crippen molar-refractivity contribution in [3.8, 4) is 0 Å². The Kier molecular flexibility index (Phi) is 2.63. The lowest BCUT2D eigenvalue weighted by atomic mass is 9.71. The van der Waals surface area contributed by atoms with Gasteiger partial charge in [0.1, 0.15) is 0 Å². The SMILES string of the molecule is CC12C=C(B3OC(C)(C)C(C)(C)O3)CC(C)(CC1)O2. The highest BCUT2D eigenvalue weighted by molar-refractivity contribution is 6.54. The molecule has 0 saturated carbocycles. The van der Waals surface area contributed by atoms with E-state index in [1.165, 1.54) is 5.47 Å². The molecule has 2 unspecified atom stereocenters. The molecule has 0 N–H and O–H groups in total. The standard InChI is InChI=1S/C15H25BO3/c1-12(2)13(3,4)19-16(18-12)11-9-14(5)7-8-15(6,10-11)17-14/h9H,7-8,10H2,1-6H3. The minimum Gasteiger partial charge on any atom is -0.400 e. The quantitative estimate of drug-likeness (QED) is 0.680. The summed E-state index contributed by atoms with van der Waals surface area (Å²) in [6, 6.07) is 0. The molecule has 2 atom stereocenters. The molecular formula is C15H25BO3. The molecule has 3 rings (SSSR count). The zero-order chi connectivity index (χ0) is 14.1. The molecule has 3 heterocycles. The van der Waals surface area contributed by atoms with Gasteiger partial charge in [-0.25, -0.2) is 0 Å². The Balaban J connectivity index is 1.87. The first-order valence-corrected chi connectivity index (χ1v) is 7.32. The lowest BCUT2D eigenvalue weighted by Gasteiger charge is -2.35. The number of hydrogen-bond acceptors (Lipinski definition) is 3. The summed E-state index contributed by atoms with van der Waals surface area (Å²) in [6.07, 6.45) is 5.36. The van der Waals surface area contributed by atoms with Crippen molar-refractivity contribution >= 4 is 7.12 Å². The molecule has 106 valence electrons. The molecule has 0 aromatic heterocycles. The van der Waals surface area contributed by atoms with E-state index in [1.54, 1.807) is 0 Å². The summed E-state index contributed by atoms with van der Waals surface area (Å²) in [6.45, 7) is 12.8. The predicted octanol–water partition coefficient (Wildman–Crippen LogP) is 3.28. The first-order valence-electron chi connectivity index (χ1n) is 7.32. The fourth-order valence-corrected chi connectivity index (χ4v) is 3.42. The van der Waals surface area contributed by atoms with Gasteiger partial charge in [0.2, 0.25) is 0 Å². The van der Waals surface area contributed by atoms with Crippen molar-refractivity contribution in [2.45, 2.75) is 83.2 Å². The second-order valence-electron chi connectivity index (χ2n) is 7.85. The van der Waals surface area contributed by atoms with E-state index in [0.717, 1.165) is 19.3 Å². The fourth-order valence-electron chi connectivity index (χ4n) is 3.42. The topological polar surface area (TPSA) is 27.7 Å². The van der Waals surface area contributed by atoms with Gasteiger partial charge in [-0.1, -0.05) is 6.08 Å². The molecule has 0 aromatic carbocycles. The molecule has 0 aromatic rings. The molecule has 3 aliphatic rings. The average molecular weight is 264 g/mol. The Labute approximate surface area is 116 Å². The van der Waals surface area contributed by atoms with Crippen molar-refractivity contribution in [3.63, 3.8) is 0 Å². The molecule has 0 spiro atoms. The van der Waals surface area contributed by atoms with Crippen LogP contribution in [0, 0.1) is 0 Å². The Hall–Kier alpha value is -0.315. The van der Waals surface area contributed by atoms with Crippen molar-refractivity contribution < 1.29 is 14.0 Å². The van der Waals surface area contributed by atoms with Crippen LogP contribution in [0.2, 0.25) is 0 Å². The Bertz CT molecular complexity index is 427. The van der Waals surface area contributed by atoms with Gasteiger partial charge in [0.15, 0.2) is 0 Å². The Morgan fingerprint density at radius 3 is 2.05 bits per heavy atom. The summed E-state index contributed by atoms with van der Waals surface area (Å²) in [4.78, 5) is 0. The molecule has 4 heteroatoms. The van der Waals surface area contributed by atoms with Gasteiger partial charge in [-0.05, 0) is 66.3 Å². The summed E-state index contributed by atoms with van der Waals surface area (Å²) in [7, 11) is -0.217. The van der Waals surface area contributed by atoms with E-state index in [2.05, 4.69) is 47.6 Å². The van der Waals surface area contributed by atoms with Crippen LogP contribution in [0.15, 0.2) is 11.5 Å². The molecule has 3 aliphatic heterocycles. The third-order valence-electron chi connectivity index (χ3n) is 5.25. The third kappa shape index (κ3) is 2.08. The van der Waals surface area contributed by atoms with E-state index < -0.39 is 0 Å². The normalized spacial score (nSPS) is 43.5. The van der Waals surface area contributed by atoms with E-state index >= 15 is 0 Å². The van der Waals surface area contributed by atoms with E-state index in [-0.39, 0.29) is 29.5 Å². The van der Waals surface area contributed by atoms with Gasteiger partial charge in [0, 0.05) is 0 Å². The maximum absolute atomic E-state index is 6.18. The van der Waals surface area contributed by atoms with Gasteiger partial charge < -0.3 is 14.0 Å². The van der Waals surface area contributed by atoms with Crippen LogP contribution in [0.25, 0.3) is 0 Å². The maximum Gasteiger partial charge on any atom is 0.490 e. The van der Waals surface area contributed by atoms with Crippen molar-refractivity contribution in [2.24, 2.45) is 0 Å². The van der Waals surface area contributed by atoms with Gasteiger partial charge in [-0.3, -0.25) is 0 Å². The third-order valence-corrected chi connectivity index (χ3v) is 5.25. The summed E-state index contributed by atoms with van der Waals surface area (Å²) >= 11 is 0. The van der Waals surface area contributed by atoms with Crippen LogP contribution in [0.4, 0.5) is 0 Å². The summed E-state index contributed by atoms with van der Waals surface area (Å²) in [5.41, 5.74) is 0.552. The molecule has 3 nitrogen and oxygen atoms in total. The number of hydrogen-bond donors (Lipinski definition) is 0. The number of ether oxygens (including phenoxy) is 1. The second kappa shape index (κ2) is 3.66. The lowest BCUT2D eigenvalue weighted by Crippen LogP contribution is -2.41. The van der Waals surface area contributed by atoms with Gasteiger partial charge in [0.05, 0.1) is 22.4 Å². The van der Waals surface area contributed by atoms with Crippen LogP contribution in [0.1, 0.15) is 60.8 Å². The van der Waals surface area contributed by atoms with Crippen LogP contribution >= 0.6 is 0 Å². The van der Waals surface area contributed by atoms with E-state index in [1.807, 2.05) is 0 Å². The molecule has 0 radical (unpaired) electrons. The monoisotopic (exact) mass is 264 g/mol. The van der Waals surface area contributed by atoms with Crippen molar-refractivity contribution in [1.82, 2.24) is 0 Å². The first-order chi connectivity index (χ1) is 8.54. The molecule has 2 saturated heterocycles. The van der Waals surface area contributed by atoms with Gasteiger partial charge in [-0.15, -0.1) is 0 Å². The summed E-state index contributed by atoms with van der Waals surface area (Å²) < 4.78 is 18.5. The fraction of sp³-hybridized carbons (Fsp3) is 0.867. The van der Waals surface area contributed by atoms with E-state index in [4.69, 9.17) is 14.0 Å². The molecular weight excluding hydrogens is 239 g/mol. The Morgan fingerprint density at radius 2 is 1.53 bits per heavy atom. The molecule has 19 heavy (non-hydrogen) atoms. The van der Waals surface area contributed by atoms with Gasteiger partial charge in [-0.2, -0.15) is 0 Å². The first kappa shape index (κ1) is 13.7. The smallest absolute Gasteiger partial charge is 0.400 e. The van der Waals surface area contributed by atoms with Crippen LogP contribution in [-0.4, -0.2) is 29.5 Å². The summed E-state index contributed by atoms with van der Waals surface area (Å²) in [5, 5.41) is 0. The zero-order valence-electron chi connectivity index (χ0n) is 13.0. The number of fused-ring (bicyclic) bond motifs is 2. The Morgan fingerprint density at radius 1 is 0.947 bits per heavy atom. The van der Waals surface area contributed by atoms with Crippen LogP contribution in [0.3, 0.4) is 0 Å². The highest BCUT2D eigenvalue weighted by Crippen LogP contribution is 2.49. The van der Waals surface area contributed by atoms with Gasteiger partial charge in [0.25, 0.3) is 0 Å². The molecule has 2 bridgehead atoms. The second-order valence-corrected chi connectivity index (χ2v) is 7.85. The van der Waals surface area contributed by atoms with Crippen molar-refractivity contribution in [2.75, 3.05) is 0 Å². The average Bonchev–Trinajstić information content (AvgIpc) is 2.57. The van der Waals surface area contributed by atoms with Crippen LogP contribution < -0.4 is 0 Å². The highest BCUT2D eigenvalue weighted by Gasteiger charge is 2.56. The number of rotatable bonds is 1. The molecule has 2 fully saturated rings. The lowest BCUT2D eigenvalue weighted by molar-refractivity contribution is -0.0683. The molecule has 0 aliphatic carbocycles. The van der Waals surface area contributed by atoms with Crippen molar-refractivity contribution in [3.05, 3.63) is 11.5 Å². The van der Waals surface area contributed by atoms with Crippen LogP contribution in [-0.2, 0) is 14.0 Å². The van der Waals surface area contributed by atoms with Gasteiger partial charge >= 0.3 is 7.12 Å². The minimum absolute atomic E-state index is 0.0393. The van der Waals surface area contributed by atoms with Crippen molar-refractivity contribution in [1.29, 1.82) is 0 Å². The maximum atomic E-state index is 6.18. The minimum atomic E-state index is -0.266. The largest absolute Gasteiger partial charge is 0.490 e. The van der Waals surface area contributed by atoms with E-state index in [9.17, 15) is 0 Å². The summed E-state index contributed by atoms with van der Waals surface area (Å²) in [5.74, 6) is 0. The molecule has 0 amide bonds. The highest BCUT2D eigenvalue weighted by atomic mass is 16.7. The van der Waals surface area contributed by atoms with Crippen LogP contribution in [0.5, 0.6) is 0 Å². The zero-order valence-corrected chi connectivity index (χ0v) is 13.0.